The highest BCUT2D eigenvalue weighted by molar-refractivity contribution is 6.51. The molecule has 1 saturated heterocycles. The van der Waals surface area contributed by atoms with Crippen LogP contribution in [0.15, 0.2) is 72.3 Å². The van der Waals surface area contributed by atoms with Gasteiger partial charge in [-0.25, -0.2) is 0 Å². The zero-order chi connectivity index (χ0) is 27.1. The van der Waals surface area contributed by atoms with Crippen LogP contribution in [0, 0.1) is 13.8 Å². The van der Waals surface area contributed by atoms with Gasteiger partial charge in [0.2, 0.25) is 5.91 Å². The number of hydrogen-bond donors (Lipinski definition) is 2. The van der Waals surface area contributed by atoms with E-state index in [1.54, 1.807) is 30.3 Å². The fourth-order valence-corrected chi connectivity index (χ4v) is 4.53. The van der Waals surface area contributed by atoms with Crippen molar-refractivity contribution in [3.8, 4) is 0 Å². The maximum absolute atomic E-state index is 13.4. The minimum Gasteiger partial charge on any atom is -0.507 e. The number of anilines is 2. The maximum atomic E-state index is 13.4. The van der Waals surface area contributed by atoms with E-state index in [4.69, 9.17) is 0 Å². The van der Waals surface area contributed by atoms with E-state index in [1.165, 1.54) is 11.8 Å². The van der Waals surface area contributed by atoms with Gasteiger partial charge in [-0.1, -0.05) is 57.2 Å². The van der Waals surface area contributed by atoms with Crippen molar-refractivity contribution >= 4 is 34.7 Å². The first-order valence-corrected chi connectivity index (χ1v) is 12.2. The van der Waals surface area contributed by atoms with Crippen molar-refractivity contribution < 1.29 is 19.5 Å². The predicted molar refractivity (Wildman–Crippen MR) is 147 cm³/mol. The number of ketones is 1. The number of Topliss-reactive ketones (excluding diaryl/α,β-unsaturated/α-hetero) is 1. The van der Waals surface area contributed by atoms with Crippen LogP contribution in [-0.4, -0.2) is 22.7 Å². The smallest absolute Gasteiger partial charge is 0.300 e. The van der Waals surface area contributed by atoms with Gasteiger partial charge in [-0.2, -0.15) is 0 Å². The normalized spacial score (nSPS) is 17.2. The molecule has 0 saturated carbocycles. The molecule has 0 aliphatic carbocycles. The molecule has 1 unspecified atom stereocenters. The first-order chi connectivity index (χ1) is 17.4. The third kappa shape index (κ3) is 5.05. The number of aliphatic hydroxyl groups excluding tert-OH is 1. The van der Waals surface area contributed by atoms with Gasteiger partial charge in [0.15, 0.2) is 0 Å². The maximum Gasteiger partial charge on any atom is 0.300 e. The van der Waals surface area contributed by atoms with Gasteiger partial charge >= 0.3 is 0 Å². The number of aryl methyl sites for hydroxylation is 2. The predicted octanol–water partition coefficient (Wildman–Crippen LogP) is 6.19. The molecule has 0 bridgehead atoms. The van der Waals surface area contributed by atoms with Crippen molar-refractivity contribution in [3.05, 3.63) is 100 Å². The lowest BCUT2D eigenvalue weighted by atomic mass is 9.85. The Labute approximate surface area is 217 Å². The van der Waals surface area contributed by atoms with Gasteiger partial charge in [0.1, 0.15) is 5.76 Å². The van der Waals surface area contributed by atoms with Crippen LogP contribution in [0.4, 0.5) is 11.4 Å². The average molecular weight is 497 g/mol. The van der Waals surface area contributed by atoms with Crippen LogP contribution >= 0.6 is 0 Å². The second kappa shape index (κ2) is 9.69. The van der Waals surface area contributed by atoms with E-state index in [1.807, 2.05) is 50.2 Å². The van der Waals surface area contributed by atoms with Gasteiger partial charge in [0, 0.05) is 23.9 Å². The summed E-state index contributed by atoms with van der Waals surface area (Å²) in [6.45, 7) is 11.7. The summed E-state index contributed by atoms with van der Waals surface area (Å²) in [5.41, 5.74) is 5.38. The Bertz CT molecular complexity index is 1410. The molecule has 3 aromatic rings. The van der Waals surface area contributed by atoms with Crippen molar-refractivity contribution in [2.75, 3.05) is 10.2 Å². The van der Waals surface area contributed by atoms with E-state index in [2.05, 4.69) is 26.1 Å². The summed E-state index contributed by atoms with van der Waals surface area (Å²) in [4.78, 5) is 39.7. The van der Waals surface area contributed by atoms with Crippen LogP contribution in [0.5, 0.6) is 0 Å². The Hall–Kier alpha value is -4.19. The van der Waals surface area contributed by atoms with E-state index in [0.29, 0.717) is 22.5 Å². The second-order valence-corrected chi connectivity index (χ2v) is 10.6. The molecule has 2 N–H and O–H groups in total. The average Bonchev–Trinajstić information content (AvgIpc) is 3.10. The summed E-state index contributed by atoms with van der Waals surface area (Å²) in [7, 11) is 0. The number of carbonyl (C=O) groups is 3. The van der Waals surface area contributed by atoms with Crippen LogP contribution in [0.1, 0.15) is 61.6 Å². The van der Waals surface area contributed by atoms with Gasteiger partial charge < -0.3 is 10.4 Å². The molecule has 6 nitrogen and oxygen atoms in total. The second-order valence-electron chi connectivity index (χ2n) is 10.6. The molecule has 0 radical (unpaired) electrons. The van der Waals surface area contributed by atoms with Gasteiger partial charge in [-0.05, 0) is 71.8 Å². The molecular weight excluding hydrogens is 464 g/mol. The van der Waals surface area contributed by atoms with Crippen LogP contribution < -0.4 is 10.2 Å². The highest BCUT2D eigenvalue weighted by Crippen LogP contribution is 2.43. The van der Waals surface area contributed by atoms with Crippen LogP contribution in [0.2, 0.25) is 0 Å². The molecule has 1 aliphatic heterocycles. The quantitative estimate of drug-likeness (QED) is 0.256. The Kier molecular flexibility index (Phi) is 6.78. The topological polar surface area (TPSA) is 86.7 Å². The number of hydrogen-bond acceptors (Lipinski definition) is 4. The number of benzene rings is 3. The molecular formula is C31H32N2O4. The van der Waals surface area contributed by atoms with Gasteiger partial charge in [-0.15, -0.1) is 0 Å². The Morgan fingerprint density at radius 3 is 2.05 bits per heavy atom. The van der Waals surface area contributed by atoms with Crippen LogP contribution in [-0.2, 0) is 19.8 Å². The number of carbonyl (C=O) groups excluding carboxylic acids is 3. The molecule has 0 aromatic heterocycles. The Morgan fingerprint density at radius 2 is 1.51 bits per heavy atom. The number of nitrogens with zero attached hydrogens (tertiary/aromatic N) is 1. The van der Waals surface area contributed by atoms with Crippen LogP contribution in [0.25, 0.3) is 5.76 Å². The first-order valence-electron chi connectivity index (χ1n) is 12.2. The van der Waals surface area contributed by atoms with Crippen molar-refractivity contribution in [1.82, 2.24) is 0 Å². The SMILES string of the molecule is CC(=O)Nc1ccc(N2C(=O)C(=O)/C(=C(\O)c3ccc(C)c(C)c3)C2c2ccc(C(C)(C)C)cc2)cc1. The van der Waals surface area contributed by atoms with Crippen molar-refractivity contribution in [1.29, 1.82) is 0 Å². The number of rotatable bonds is 4. The number of nitrogens with one attached hydrogen (secondary N) is 1. The van der Waals surface area contributed by atoms with E-state index >= 15 is 0 Å². The molecule has 2 amide bonds. The number of amides is 2. The third-order valence-electron chi connectivity index (χ3n) is 6.78. The summed E-state index contributed by atoms with van der Waals surface area (Å²) >= 11 is 0. The monoisotopic (exact) mass is 496 g/mol. The largest absolute Gasteiger partial charge is 0.507 e. The minimum absolute atomic E-state index is 0.0442. The van der Waals surface area contributed by atoms with Crippen LogP contribution in [0.3, 0.4) is 0 Å². The molecule has 1 fully saturated rings. The lowest BCUT2D eigenvalue weighted by molar-refractivity contribution is -0.132. The molecule has 6 heteroatoms. The van der Waals surface area contributed by atoms with Crippen molar-refractivity contribution in [2.45, 2.75) is 53.0 Å². The molecule has 37 heavy (non-hydrogen) atoms. The summed E-state index contributed by atoms with van der Waals surface area (Å²) < 4.78 is 0. The molecule has 1 atom stereocenters. The highest BCUT2D eigenvalue weighted by Gasteiger charge is 2.47. The molecule has 0 spiro atoms. The molecule has 1 aliphatic rings. The zero-order valence-electron chi connectivity index (χ0n) is 22.0. The van der Waals surface area contributed by atoms with Gasteiger partial charge in [0.25, 0.3) is 11.7 Å². The van der Waals surface area contributed by atoms with Crippen molar-refractivity contribution in [3.63, 3.8) is 0 Å². The zero-order valence-corrected chi connectivity index (χ0v) is 22.0. The summed E-state index contributed by atoms with van der Waals surface area (Å²) in [5, 5.41) is 14.1. The fraction of sp³-hybridized carbons (Fsp3) is 0.258. The molecule has 1 heterocycles. The summed E-state index contributed by atoms with van der Waals surface area (Å²) in [5.74, 6) is -1.88. The van der Waals surface area contributed by atoms with E-state index in [-0.39, 0.29) is 22.7 Å². The minimum atomic E-state index is -0.817. The Morgan fingerprint density at radius 1 is 0.892 bits per heavy atom. The van der Waals surface area contributed by atoms with E-state index in [9.17, 15) is 19.5 Å². The highest BCUT2D eigenvalue weighted by atomic mass is 16.3. The van der Waals surface area contributed by atoms with Gasteiger partial charge in [-0.3, -0.25) is 19.3 Å². The van der Waals surface area contributed by atoms with E-state index in [0.717, 1.165) is 16.7 Å². The summed E-state index contributed by atoms with van der Waals surface area (Å²) in [6, 6.07) is 19.2. The standard InChI is InChI=1S/C31H32N2O4/c1-18-7-8-22(17-19(18)2)28(35)26-27(21-9-11-23(12-10-21)31(4,5)6)33(30(37)29(26)36)25-15-13-24(14-16-25)32-20(3)34/h7-17,27,35H,1-6H3,(H,32,34)/b28-26-. The lowest BCUT2D eigenvalue weighted by Gasteiger charge is -2.27. The lowest BCUT2D eigenvalue weighted by Crippen LogP contribution is -2.29. The summed E-state index contributed by atoms with van der Waals surface area (Å²) in [6.07, 6.45) is 0. The molecule has 190 valence electrons. The first kappa shape index (κ1) is 25.9. The Balaban J connectivity index is 1.89. The number of aliphatic hydroxyl groups is 1. The van der Waals surface area contributed by atoms with E-state index < -0.39 is 17.7 Å². The third-order valence-corrected chi connectivity index (χ3v) is 6.78. The molecule has 4 rings (SSSR count). The molecule has 3 aromatic carbocycles. The fourth-order valence-electron chi connectivity index (χ4n) is 4.53. The van der Waals surface area contributed by atoms with Gasteiger partial charge in [0.05, 0.1) is 11.6 Å². The van der Waals surface area contributed by atoms with Crippen molar-refractivity contribution in [2.24, 2.45) is 0 Å².